The number of unbranched alkanes of at least 4 members (excludes halogenated alkanes) is 10. The van der Waals surface area contributed by atoms with Crippen molar-refractivity contribution in [1.29, 1.82) is 0 Å². The van der Waals surface area contributed by atoms with Crippen LogP contribution in [0.5, 0.6) is 0 Å². The summed E-state index contributed by atoms with van der Waals surface area (Å²) in [5, 5.41) is 15.2. The molecule has 0 saturated heterocycles. The molecule has 0 saturated carbocycles. The van der Waals surface area contributed by atoms with Crippen LogP contribution >= 0.6 is 0 Å². The van der Waals surface area contributed by atoms with Crippen molar-refractivity contribution >= 4 is 0 Å². The van der Waals surface area contributed by atoms with Crippen molar-refractivity contribution in [3.05, 3.63) is 12.2 Å². The molecule has 24 heavy (non-hydrogen) atoms. The quantitative estimate of drug-likeness (QED) is 0.305. The van der Waals surface area contributed by atoms with Gasteiger partial charge in [0.2, 0.25) is 0 Å². The van der Waals surface area contributed by atoms with Crippen molar-refractivity contribution < 1.29 is 14.9 Å². The van der Waals surface area contributed by atoms with Crippen LogP contribution in [0.3, 0.4) is 0 Å². The van der Waals surface area contributed by atoms with Gasteiger partial charge in [0, 0.05) is 13.2 Å². The zero-order valence-electron chi connectivity index (χ0n) is 17.1. The van der Waals surface area contributed by atoms with Gasteiger partial charge in [-0.15, -0.1) is 0 Å². The highest BCUT2D eigenvalue weighted by molar-refractivity contribution is 4.76. The molecule has 3 nitrogen and oxygen atoms in total. The van der Waals surface area contributed by atoms with Crippen LogP contribution in [-0.4, -0.2) is 36.6 Å². The molecule has 0 bridgehead atoms. The average molecular weight is 347 g/mol. The summed E-state index contributed by atoms with van der Waals surface area (Å²) in [4.78, 5) is 0. The van der Waals surface area contributed by atoms with E-state index in [4.69, 9.17) is 14.9 Å². The van der Waals surface area contributed by atoms with Gasteiger partial charge in [0.05, 0.1) is 13.2 Å². The fourth-order valence-electron chi connectivity index (χ4n) is 2.12. The second kappa shape index (κ2) is 34.1. The van der Waals surface area contributed by atoms with Crippen LogP contribution in [0, 0.1) is 0 Å². The molecule has 0 rings (SSSR count). The predicted octanol–water partition coefficient (Wildman–Crippen LogP) is 5.89. The molecule has 3 heteroatoms. The summed E-state index contributed by atoms with van der Waals surface area (Å²) < 4.78 is 4.83. The third-order valence-electron chi connectivity index (χ3n) is 3.47. The highest BCUT2D eigenvalue weighted by atomic mass is 16.5. The molecular weight excluding hydrogens is 300 g/mol. The Kier molecular flexibility index (Phi) is 40.3. The van der Waals surface area contributed by atoms with Crippen LogP contribution in [0.15, 0.2) is 12.2 Å². The Hall–Kier alpha value is -0.380. The largest absolute Gasteiger partial charge is 0.394 e. The van der Waals surface area contributed by atoms with E-state index in [1.54, 1.807) is 0 Å². The fourth-order valence-corrected chi connectivity index (χ4v) is 2.12. The lowest BCUT2D eigenvalue weighted by molar-refractivity contribution is 0.162. The van der Waals surface area contributed by atoms with E-state index in [1.807, 2.05) is 13.8 Å². The molecule has 2 N–H and O–H groups in total. The van der Waals surface area contributed by atoms with Gasteiger partial charge in [0.1, 0.15) is 0 Å². The van der Waals surface area contributed by atoms with Gasteiger partial charge in [-0.05, 0) is 33.6 Å². The molecule has 148 valence electrons. The number of aliphatic hydroxyl groups is 2. The van der Waals surface area contributed by atoms with E-state index in [-0.39, 0.29) is 13.2 Å². The molecular formula is C21H46O3. The first-order valence-electron chi connectivity index (χ1n) is 10.2. The Balaban J connectivity index is -0.000000402. The van der Waals surface area contributed by atoms with E-state index in [0.717, 1.165) is 13.2 Å². The van der Waals surface area contributed by atoms with E-state index in [1.165, 1.54) is 70.6 Å². The van der Waals surface area contributed by atoms with Gasteiger partial charge in [0.15, 0.2) is 0 Å². The summed E-state index contributed by atoms with van der Waals surface area (Å²) in [6.45, 7) is 9.81. The Bertz CT molecular complexity index is 190. The molecule has 0 aromatic rings. The van der Waals surface area contributed by atoms with Gasteiger partial charge in [-0.2, -0.15) is 0 Å². The van der Waals surface area contributed by atoms with E-state index < -0.39 is 0 Å². The molecule has 0 amide bonds. The molecule has 0 aliphatic heterocycles. The SMILES string of the molecule is C/C=C/CCCCCCCCCCCC.CCOCC.OCCO. The smallest absolute Gasteiger partial charge is 0.0662 e. The average Bonchev–Trinajstić information content (AvgIpc) is 2.61. The Morgan fingerprint density at radius 2 is 1.08 bits per heavy atom. The van der Waals surface area contributed by atoms with Crippen LogP contribution < -0.4 is 0 Å². The molecule has 0 heterocycles. The van der Waals surface area contributed by atoms with E-state index in [0.29, 0.717) is 0 Å². The topological polar surface area (TPSA) is 49.7 Å². The number of rotatable bonds is 14. The molecule has 0 radical (unpaired) electrons. The molecule has 0 aromatic heterocycles. The van der Waals surface area contributed by atoms with Crippen LogP contribution in [0.25, 0.3) is 0 Å². The van der Waals surface area contributed by atoms with Gasteiger partial charge in [-0.1, -0.05) is 76.9 Å². The number of hydrogen-bond acceptors (Lipinski definition) is 3. The third kappa shape index (κ3) is 43.0. The summed E-state index contributed by atoms with van der Waals surface area (Å²) in [6.07, 6.45) is 20.1. The maximum Gasteiger partial charge on any atom is 0.0662 e. The monoisotopic (exact) mass is 346 g/mol. The summed E-state index contributed by atoms with van der Waals surface area (Å²) in [7, 11) is 0. The summed E-state index contributed by atoms with van der Waals surface area (Å²) >= 11 is 0. The first-order chi connectivity index (χ1) is 11.7. The summed E-state index contributed by atoms with van der Waals surface area (Å²) in [5.41, 5.74) is 0. The number of aliphatic hydroxyl groups excluding tert-OH is 2. The standard InChI is InChI=1S/C15H30.C4H10O.C2H6O2/c1-3-5-7-9-11-13-15-14-12-10-8-6-4-2;1-3-5-4-2;3-1-2-4/h3,5H,4,6-15H2,1-2H3;3-4H2,1-2H3;3-4H,1-2H2/b5-3+;;. The van der Waals surface area contributed by atoms with Crippen LogP contribution in [0.1, 0.15) is 98.3 Å². The fraction of sp³-hybridized carbons (Fsp3) is 0.905. The van der Waals surface area contributed by atoms with E-state index >= 15 is 0 Å². The molecule has 0 aliphatic carbocycles. The molecule has 0 aliphatic rings. The molecule has 0 atom stereocenters. The molecule has 0 aromatic carbocycles. The number of hydrogen-bond donors (Lipinski definition) is 2. The van der Waals surface area contributed by atoms with Crippen molar-refractivity contribution in [3.63, 3.8) is 0 Å². The van der Waals surface area contributed by atoms with Crippen molar-refractivity contribution in [2.75, 3.05) is 26.4 Å². The van der Waals surface area contributed by atoms with Crippen LogP contribution in [0.2, 0.25) is 0 Å². The Labute approximate surface area is 152 Å². The maximum absolute atomic E-state index is 7.62. The molecule has 0 fully saturated rings. The third-order valence-corrected chi connectivity index (χ3v) is 3.47. The summed E-state index contributed by atoms with van der Waals surface area (Å²) in [5.74, 6) is 0. The predicted molar refractivity (Wildman–Crippen MR) is 108 cm³/mol. The number of ether oxygens (including phenoxy) is 1. The zero-order chi connectivity index (χ0) is 18.7. The van der Waals surface area contributed by atoms with Gasteiger partial charge < -0.3 is 14.9 Å². The maximum atomic E-state index is 7.62. The molecule has 0 unspecified atom stereocenters. The lowest BCUT2D eigenvalue weighted by Gasteiger charge is -2.01. The lowest BCUT2D eigenvalue weighted by atomic mass is 10.1. The van der Waals surface area contributed by atoms with Crippen LogP contribution in [0.4, 0.5) is 0 Å². The van der Waals surface area contributed by atoms with Crippen LogP contribution in [-0.2, 0) is 4.74 Å². The first kappa shape index (κ1) is 28.4. The highest BCUT2D eigenvalue weighted by Gasteiger charge is 1.91. The molecule has 0 spiro atoms. The van der Waals surface area contributed by atoms with Gasteiger partial charge in [-0.25, -0.2) is 0 Å². The number of allylic oxidation sites excluding steroid dienone is 2. The minimum Gasteiger partial charge on any atom is -0.394 e. The van der Waals surface area contributed by atoms with E-state index in [9.17, 15) is 0 Å². The zero-order valence-corrected chi connectivity index (χ0v) is 17.1. The normalized spacial score (nSPS) is 10.1. The lowest BCUT2D eigenvalue weighted by Crippen LogP contribution is -1.85. The Morgan fingerprint density at radius 3 is 1.38 bits per heavy atom. The minimum absolute atomic E-state index is 0.125. The minimum atomic E-state index is -0.125. The second-order valence-corrected chi connectivity index (χ2v) is 5.77. The second-order valence-electron chi connectivity index (χ2n) is 5.77. The van der Waals surface area contributed by atoms with Gasteiger partial charge in [0.25, 0.3) is 0 Å². The Morgan fingerprint density at radius 1 is 0.667 bits per heavy atom. The van der Waals surface area contributed by atoms with Crippen molar-refractivity contribution in [1.82, 2.24) is 0 Å². The first-order valence-corrected chi connectivity index (χ1v) is 10.2. The van der Waals surface area contributed by atoms with Crippen molar-refractivity contribution in [2.45, 2.75) is 98.3 Å². The van der Waals surface area contributed by atoms with E-state index in [2.05, 4.69) is 26.0 Å². The highest BCUT2D eigenvalue weighted by Crippen LogP contribution is 2.11. The van der Waals surface area contributed by atoms with Gasteiger partial charge >= 0.3 is 0 Å². The van der Waals surface area contributed by atoms with Crippen molar-refractivity contribution in [3.8, 4) is 0 Å². The van der Waals surface area contributed by atoms with Gasteiger partial charge in [-0.3, -0.25) is 0 Å². The van der Waals surface area contributed by atoms with Crippen molar-refractivity contribution in [2.24, 2.45) is 0 Å². The summed E-state index contributed by atoms with van der Waals surface area (Å²) in [6, 6.07) is 0.